The summed E-state index contributed by atoms with van der Waals surface area (Å²) in [5.41, 5.74) is 3.41. The van der Waals surface area contributed by atoms with E-state index >= 15 is 0 Å². The van der Waals surface area contributed by atoms with E-state index in [4.69, 9.17) is 0 Å². The standard InChI is InChI=1S/C18H23N5O/c1-13-19-7-6-16(20-13)12-22-9-14(10-22)11-23-18(24)8-15-4-2-3-5-17(15)21-23/h6-8,14H,2-5,9-12H2,1H3. The molecule has 0 unspecified atom stereocenters. The minimum atomic E-state index is 0.0560. The Bertz CT molecular complexity index is 794. The molecule has 0 saturated carbocycles. The van der Waals surface area contributed by atoms with Crippen LogP contribution >= 0.6 is 0 Å². The van der Waals surface area contributed by atoms with Crippen LogP contribution in [0.4, 0.5) is 0 Å². The van der Waals surface area contributed by atoms with Gasteiger partial charge in [0.1, 0.15) is 5.82 Å². The minimum absolute atomic E-state index is 0.0560. The number of fused-ring (bicyclic) bond motifs is 1. The summed E-state index contributed by atoms with van der Waals surface area (Å²) in [6.45, 7) is 5.48. The summed E-state index contributed by atoms with van der Waals surface area (Å²) >= 11 is 0. The SMILES string of the molecule is Cc1nccc(CN2CC(Cn3nc4c(cc3=O)CCCC4)C2)n1. The van der Waals surface area contributed by atoms with Crippen LogP contribution in [0.5, 0.6) is 0 Å². The van der Waals surface area contributed by atoms with Gasteiger partial charge in [0.15, 0.2) is 0 Å². The molecule has 0 atom stereocenters. The Morgan fingerprint density at radius 1 is 1.25 bits per heavy atom. The first kappa shape index (κ1) is 15.4. The molecule has 0 radical (unpaired) electrons. The first-order valence-corrected chi connectivity index (χ1v) is 8.78. The van der Waals surface area contributed by atoms with Crippen molar-refractivity contribution in [1.29, 1.82) is 0 Å². The van der Waals surface area contributed by atoms with Crippen molar-refractivity contribution in [3.05, 3.63) is 51.5 Å². The molecule has 2 aromatic rings. The van der Waals surface area contributed by atoms with Crippen molar-refractivity contribution < 1.29 is 0 Å². The van der Waals surface area contributed by atoms with Crippen LogP contribution in [0.15, 0.2) is 23.1 Å². The largest absolute Gasteiger partial charge is 0.297 e. The van der Waals surface area contributed by atoms with E-state index in [1.807, 2.05) is 25.3 Å². The van der Waals surface area contributed by atoms with Crippen LogP contribution in [-0.4, -0.2) is 37.7 Å². The van der Waals surface area contributed by atoms with Crippen molar-refractivity contribution in [2.75, 3.05) is 13.1 Å². The maximum absolute atomic E-state index is 12.2. The zero-order valence-electron chi connectivity index (χ0n) is 14.1. The first-order chi connectivity index (χ1) is 11.7. The third-order valence-electron chi connectivity index (χ3n) is 4.96. The van der Waals surface area contributed by atoms with E-state index in [0.29, 0.717) is 5.92 Å². The molecule has 126 valence electrons. The van der Waals surface area contributed by atoms with Crippen molar-refractivity contribution in [3.63, 3.8) is 0 Å². The van der Waals surface area contributed by atoms with Crippen molar-refractivity contribution in [2.24, 2.45) is 5.92 Å². The maximum atomic E-state index is 12.2. The van der Waals surface area contributed by atoms with Crippen LogP contribution in [0.2, 0.25) is 0 Å². The predicted octanol–water partition coefficient (Wildman–Crippen LogP) is 1.35. The van der Waals surface area contributed by atoms with E-state index in [1.165, 1.54) is 12.8 Å². The summed E-state index contributed by atoms with van der Waals surface area (Å²) in [5.74, 6) is 1.31. The second-order valence-corrected chi connectivity index (χ2v) is 7.00. The molecular formula is C18H23N5O. The number of aryl methyl sites for hydroxylation is 3. The van der Waals surface area contributed by atoms with Crippen LogP contribution in [-0.2, 0) is 25.9 Å². The highest BCUT2D eigenvalue weighted by Gasteiger charge is 2.28. The summed E-state index contributed by atoms with van der Waals surface area (Å²) in [6.07, 6.45) is 6.20. The van der Waals surface area contributed by atoms with E-state index in [9.17, 15) is 4.79 Å². The quantitative estimate of drug-likeness (QED) is 0.849. The van der Waals surface area contributed by atoms with Gasteiger partial charge in [0.25, 0.3) is 5.56 Å². The predicted molar refractivity (Wildman–Crippen MR) is 90.7 cm³/mol. The summed E-state index contributed by atoms with van der Waals surface area (Å²) in [6, 6.07) is 3.78. The number of nitrogens with zero attached hydrogens (tertiary/aromatic N) is 5. The zero-order chi connectivity index (χ0) is 16.5. The van der Waals surface area contributed by atoms with Gasteiger partial charge in [0.2, 0.25) is 0 Å². The van der Waals surface area contributed by atoms with Gasteiger partial charge >= 0.3 is 0 Å². The third-order valence-corrected chi connectivity index (χ3v) is 4.96. The second kappa shape index (κ2) is 6.43. The number of hydrogen-bond donors (Lipinski definition) is 0. The smallest absolute Gasteiger partial charge is 0.267 e. The number of hydrogen-bond acceptors (Lipinski definition) is 5. The van der Waals surface area contributed by atoms with Gasteiger partial charge in [0, 0.05) is 37.8 Å². The Labute approximate surface area is 141 Å². The molecule has 1 saturated heterocycles. The molecule has 0 N–H and O–H groups in total. The second-order valence-electron chi connectivity index (χ2n) is 7.00. The molecule has 6 nitrogen and oxygen atoms in total. The molecular weight excluding hydrogens is 302 g/mol. The first-order valence-electron chi connectivity index (χ1n) is 8.78. The third kappa shape index (κ3) is 3.24. The summed E-state index contributed by atoms with van der Waals surface area (Å²) < 4.78 is 1.68. The highest BCUT2D eigenvalue weighted by Crippen LogP contribution is 2.20. The molecule has 0 aromatic carbocycles. The van der Waals surface area contributed by atoms with Gasteiger partial charge in [-0.05, 0) is 44.2 Å². The van der Waals surface area contributed by atoms with Crippen molar-refractivity contribution in [3.8, 4) is 0 Å². The molecule has 1 aliphatic carbocycles. The lowest BCUT2D eigenvalue weighted by molar-refractivity contribution is 0.0751. The van der Waals surface area contributed by atoms with Gasteiger partial charge in [-0.2, -0.15) is 5.10 Å². The fourth-order valence-electron chi connectivity index (χ4n) is 3.72. The Hall–Kier alpha value is -2.08. The van der Waals surface area contributed by atoms with Gasteiger partial charge in [-0.25, -0.2) is 14.6 Å². The molecule has 0 bridgehead atoms. The fourth-order valence-corrected chi connectivity index (χ4v) is 3.72. The summed E-state index contributed by atoms with van der Waals surface area (Å²) in [7, 11) is 0. The normalized spacial score (nSPS) is 18.2. The van der Waals surface area contributed by atoms with E-state index < -0.39 is 0 Å². The Morgan fingerprint density at radius 2 is 2.08 bits per heavy atom. The van der Waals surface area contributed by atoms with Gasteiger partial charge in [-0.3, -0.25) is 9.69 Å². The van der Waals surface area contributed by atoms with E-state index in [-0.39, 0.29) is 5.56 Å². The van der Waals surface area contributed by atoms with Gasteiger partial charge in [0.05, 0.1) is 17.9 Å². The lowest BCUT2D eigenvalue weighted by Crippen LogP contribution is -2.49. The minimum Gasteiger partial charge on any atom is -0.297 e. The Kier molecular flexibility index (Phi) is 4.14. The van der Waals surface area contributed by atoms with Gasteiger partial charge < -0.3 is 0 Å². The number of likely N-dealkylation sites (tertiary alicyclic amines) is 1. The molecule has 3 heterocycles. The summed E-state index contributed by atoms with van der Waals surface area (Å²) in [4.78, 5) is 23.2. The van der Waals surface area contributed by atoms with Crippen LogP contribution in [0.3, 0.4) is 0 Å². The van der Waals surface area contributed by atoms with Crippen molar-refractivity contribution in [1.82, 2.24) is 24.6 Å². The zero-order valence-corrected chi connectivity index (χ0v) is 14.1. The van der Waals surface area contributed by atoms with Crippen LogP contribution in [0, 0.1) is 12.8 Å². The molecule has 2 aliphatic rings. The molecule has 2 aromatic heterocycles. The highest BCUT2D eigenvalue weighted by molar-refractivity contribution is 5.20. The Balaban J connectivity index is 1.36. The van der Waals surface area contributed by atoms with Crippen molar-refractivity contribution in [2.45, 2.75) is 45.7 Å². The average Bonchev–Trinajstić information content (AvgIpc) is 2.53. The lowest BCUT2D eigenvalue weighted by Gasteiger charge is -2.39. The number of rotatable bonds is 4. The topological polar surface area (TPSA) is 63.9 Å². The average molecular weight is 325 g/mol. The van der Waals surface area contributed by atoms with Crippen molar-refractivity contribution >= 4 is 0 Å². The highest BCUT2D eigenvalue weighted by atomic mass is 16.1. The molecule has 0 spiro atoms. The Morgan fingerprint density at radius 3 is 2.92 bits per heavy atom. The monoisotopic (exact) mass is 325 g/mol. The fraction of sp³-hybridized carbons (Fsp3) is 0.556. The maximum Gasteiger partial charge on any atom is 0.267 e. The number of aromatic nitrogens is 4. The summed E-state index contributed by atoms with van der Waals surface area (Å²) in [5, 5.41) is 4.62. The molecule has 24 heavy (non-hydrogen) atoms. The lowest BCUT2D eigenvalue weighted by atomic mass is 9.96. The molecule has 1 fully saturated rings. The van der Waals surface area contributed by atoms with Crippen LogP contribution < -0.4 is 5.56 Å². The molecule has 4 rings (SSSR count). The van der Waals surface area contributed by atoms with E-state index in [2.05, 4.69) is 20.0 Å². The van der Waals surface area contributed by atoms with E-state index in [1.54, 1.807) is 4.68 Å². The van der Waals surface area contributed by atoms with Crippen LogP contribution in [0.1, 0.15) is 35.6 Å². The van der Waals surface area contributed by atoms with Gasteiger partial charge in [-0.1, -0.05) is 0 Å². The molecule has 6 heteroatoms. The molecule has 0 amide bonds. The van der Waals surface area contributed by atoms with Gasteiger partial charge in [-0.15, -0.1) is 0 Å². The molecule has 1 aliphatic heterocycles. The van der Waals surface area contributed by atoms with Crippen LogP contribution in [0.25, 0.3) is 0 Å². The van der Waals surface area contributed by atoms with E-state index in [0.717, 1.165) is 61.8 Å².